The number of carbonyl (C=O) groups is 2. The van der Waals surface area contributed by atoms with Crippen molar-refractivity contribution in [1.82, 2.24) is 29.0 Å². The van der Waals surface area contributed by atoms with Gasteiger partial charge in [0.25, 0.3) is 11.5 Å². The highest BCUT2D eigenvalue weighted by atomic mass is 35.5. The van der Waals surface area contributed by atoms with E-state index in [2.05, 4.69) is 15.4 Å². The number of ether oxygens (including phenoxy) is 1. The van der Waals surface area contributed by atoms with Gasteiger partial charge >= 0.3 is 6.18 Å². The number of benzene rings is 1. The van der Waals surface area contributed by atoms with Crippen LogP contribution in [0, 0.1) is 5.92 Å². The predicted octanol–water partition coefficient (Wildman–Crippen LogP) is 4.47. The lowest BCUT2D eigenvalue weighted by molar-refractivity contribution is -0.137. The summed E-state index contributed by atoms with van der Waals surface area (Å²) in [4.78, 5) is 51.6. The number of nitrogens with one attached hydrogen (secondary N) is 1. The number of aromatic nitrogens is 5. The van der Waals surface area contributed by atoms with Gasteiger partial charge in [0, 0.05) is 36.0 Å². The molecule has 1 spiro atoms. The molecule has 256 valence electrons. The topological polar surface area (TPSA) is 144 Å². The fraction of sp³-hybridized carbons (Fsp3) is 0.394. The normalized spacial score (nSPS) is 20.8. The summed E-state index contributed by atoms with van der Waals surface area (Å²) >= 11 is 6.13. The van der Waals surface area contributed by atoms with Crippen molar-refractivity contribution in [3.63, 3.8) is 0 Å². The standard InChI is InChI=1S/C33H31ClF3N7O5/c1-18-16-42(30(48)27-24(45)3-2-11-38-27)12-10-32(18)9-6-23-26(32)29(47)44-31(40-28(41-44)19-7-13-49-14-8-19)43(23)17-25(46)39-22-5-4-20(15-21(22)34)33(35,36)37/h2-5,7,11,15,18,45H,6,8-10,12-14,16-17H2,1H3,(H,39,46). The van der Waals surface area contributed by atoms with Crippen molar-refractivity contribution in [2.24, 2.45) is 5.92 Å². The molecule has 2 unspecified atom stereocenters. The van der Waals surface area contributed by atoms with Gasteiger partial charge < -0.3 is 24.6 Å². The lowest BCUT2D eigenvalue weighted by Gasteiger charge is -2.44. The Balaban J connectivity index is 1.26. The van der Waals surface area contributed by atoms with Gasteiger partial charge in [0.2, 0.25) is 11.7 Å². The van der Waals surface area contributed by atoms with Crippen LogP contribution >= 0.6 is 11.6 Å². The Kier molecular flexibility index (Phi) is 8.22. The van der Waals surface area contributed by atoms with Gasteiger partial charge in [-0.1, -0.05) is 24.6 Å². The van der Waals surface area contributed by atoms with E-state index in [1.54, 1.807) is 9.47 Å². The second-order valence-corrected chi connectivity index (χ2v) is 13.0. The number of carbonyl (C=O) groups excluding carboxylic acids is 2. The third-order valence-electron chi connectivity index (χ3n) is 9.82. The minimum absolute atomic E-state index is 0.00367. The zero-order valence-corrected chi connectivity index (χ0v) is 27.0. The highest BCUT2D eigenvalue weighted by Gasteiger charge is 2.50. The molecule has 1 aromatic carbocycles. The number of amides is 2. The number of nitrogens with zero attached hydrogens (tertiary/aromatic N) is 6. The van der Waals surface area contributed by atoms with Crippen LogP contribution in [0.1, 0.15) is 59.3 Å². The van der Waals surface area contributed by atoms with E-state index in [1.807, 2.05) is 13.0 Å². The molecule has 1 aliphatic carbocycles. The van der Waals surface area contributed by atoms with Crippen molar-refractivity contribution >= 4 is 40.5 Å². The van der Waals surface area contributed by atoms with Gasteiger partial charge in [-0.15, -0.1) is 5.10 Å². The van der Waals surface area contributed by atoms with Crippen LogP contribution in [0.2, 0.25) is 5.02 Å². The third-order valence-corrected chi connectivity index (χ3v) is 10.1. The number of hydrogen-bond donors (Lipinski definition) is 2. The van der Waals surface area contributed by atoms with E-state index in [0.717, 1.165) is 23.8 Å². The number of pyridine rings is 1. The number of rotatable bonds is 5. The largest absolute Gasteiger partial charge is 0.505 e. The summed E-state index contributed by atoms with van der Waals surface area (Å²) in [5, 5.41) is 17.2. The van der Waals surface area contributed by atoms with Crippen LogP contribution in [0.4, 0.5) is 18.9 Å². The molecule has 3 aromatic heterocycles. The molecule has 2 amide bonds. The van der Waals surface area contributed by atoms with Gasteiger partial charge in [0.15, 0.2) is 11.5 Å². The molecule has 2 atom stereocenters. The molecule has 49 heavy (non-hydrogen) atoms. The second kappa shape index (κ2) is 12.3. The number of anilines is 1. The van der Waals surface area contributed by atoms with E-state index in [1.165, 1.54) is 22.8 Å². The Bertz CT molecular complexity index is 2100. The average molecular weight is 698 g/mol. The Labute approximate surface area is 282 Å². The summed E-state index contributed by atoms with van der Waals surface area (Å²) in [5.74, 6) is -0.917. The quantitative estimate of drug-likeness (QED) is 0.311. The maximum atomic E-state index is 14.4. The molecule has 0 radical (unpaired) electrons. The van der Waals surface area contributed by atoms with Gasteiger partial charge in [0.1, 0.15) is 12.3 Å². The van der Waals surface area contributed by atoms with Crippen LogP contribution in [0.3, 0.4) is 0 Å². The summed E-state index contributed by atoms with van der Waals surface area (Å²) in [5.41, 5.74) is -0.0824. The van der Waals surface area contributed by atoms with Gasteiger partial charge in [-0.05, 0) is 67.5 Å². The lowest BCUT2D eigenvalue weighted by atomic mass is 9.67. The van der Waals surface area contributed by atoms with E-state index in [9.17, 15) is 32.7 Å². The molecule has 4 aromatic rings. The summed E-state index contributed by atoms with van der Waals surface area (Å²) in [6.07, 6.45) is 0.671. The SMILES string of the molecule is CC1CN(C(=O)c2ncccc2O)CCC12CCc1c2c(=O)n2nc(C3=CCOCC3)nc2n1CC(=O)Nc1ccc(C(F)(F)F)cc1Cl. The number of hydrogen-bond acceptors (Lipinski definition) is 8. The van der Waals surface area contributed by atoms with E-state index >= 15 is 0 Å². The van der Waals surface area contributed by atoms with Crippen LogP contribution < -0.4 is 10.9 Å². The zero-order chi connectivity index (χ0) is 34.7. The maximum Gasteiger partial charge on any atom is 0.416 e. The molecular weight excluding hydrogens is 667 g/mol. The molecule has 5 heterocycles. The molecule has 3 aliphatic rings. The fourth-order valence-electron chi connectivity index (χ4n) is 7.30. The molecule has 1 saturated heterocycles. The van der Waals surface area contributed by atoms with Gasteiger partial charge in [-0.2, -0.15) is 22.7 Å². The van der Waals surface area contributed by atoms with Gasteiger partial charge in [0.05, 0.1) is 29.5 Å². The number of fused-ring (bicyclic) bond motifs is 3. The summed E-state index contributed by atoms with van der Waals surface area (Å²) in [6, 6.07) is 5.61. The van der Waals surface area contributed by atoms with Gasteiger partial charge in [-0.3, -0.25) is 14.4 Å². The minimum Gasteiger partial charge on any atom is -0.505 e. The van der Waals surface area contributed by atoms with E-state index < -0.39 is 29.0 Å². The first-order valence-electron chi connectivity index (χ1n) is 15.8. The maximum absolute atomic E-state index is 14.4. The molecular formula is C33H31ClF3N7O5. The predicted molar refractivity (Wildman–Crippen MR) is 171 cm³/mol. The Morgan fingerprint density at radius 2 is 2.02 bits per heavy atom. The van der Waals surface area contributed by atoms with Crippen molar-refractivity contribution in [2.75, 3.05) is 31.6 Å². The second-order valence-electron chi connectivity index (χ2n) is 12.6. The zero-order valence-electron chi connectivity index (χ0n) is 26.3. The molecule has 0 bridgehead atoms. The first-order chi connectivity index (χ1) is 23.4. The van der Waals surface area contributed by atoms with Crippen molar-refractivity contribution in [2.45, 2.75) is 50.7 Å². The smallest absolute Gasteiger partial charge is 0.416 e. The van der Waals surface area contributed by atoms with E-state index in [-0.39, 0.29) is 46.0 Å². The third kappa shape index (κ3) is 5.73. The first-order valence-corrected chi connectivity index (χ1v) is 16.1. The Morgan fingerprint density at radius 3 is 2.71 bits per heavy atom. The van der Waals surface area contributed by atoms with Crippen molar-refractivity contribution in [3.05, 3.63) is 86.3 Å². The highest BCUT2D eigenvalue weighted by Crippen LogP contribution is 2.48. The monoisotopic (exact) mass is 697 g/mol. The van der Waals surface area contributed by atoms with Crippen molar-refractivity contribution in [1.29, 1.82) is 0 Å². The summed E-state index contributed by atoms with van der Waals surface area (Å²) in [7, 11) is 0. The van der Waals surface area contributed by atoms with Crippen LogP contribution in [0.5, 0.6) is 5.75 Å². The number of halogens is 4. The number of piperidine rings is 1. The first kappa shape index (κ1) is 32.8. The van der Waals surface area contributed by atoms with Crippen LogP contribution in [0.15, 0.2) is 47.4 Å². The number of alkyl halides is 3. The van der Waals surface area contributed by atoms with E-state index in [0.29, 0.717) is 69.1 Å². The van der Waals surface area contributed by atoms with Crippen LogP contribution in [-0.2, 0) is 34.1 Å². The molecule has 2 N–H and O–H groups in total. The molecule has 2 aliphatic heterocycles. The van der Waals surface area contributed by atoms with Crippen LogP contribution in [0.25, 0.3) is 11.4 Å². The highest BCUT2D eigenvalue weighted by molar-refractivity contribution is 6.33. The summed E-state index contributed by atoms with van der Waals surface area (Å²) < 4.78 is 47.9. The number of aromatic hydroxyl groups is 1. The molecule has 12 nitrogen and oxygen atoms in total. The lowest BCUT2D eigenvalue weighted by Crippen LogP contribution is -2.52. The fourth-order valence-corrected chi connectivity index (χ4v) is 7.53. The Hall–Kier alpha value is -4.76. The van der Waals surface area contributed by atoms with Crippen molar-refractivity contribution in [3.8, 4) is 5.75 Å². The van der Waals surface area contributed by atoms with Crippen LogP contribution in [-0.4, -0.2) is 72.3 Å². The van der Waals surface area contributed by atoms with Crippen molar-refractivity contribution < 1.29 is 32.6 Å². The molecule has 16 heteroatoms. The van der Waals surface area contributed by atoms with Gasteiger partial charge in [-0.25, -0.2) is 4.98 Å². The molecule has 0 saturated carbocycles. The summed E-state index contributed by atoms with van der Waals surface area (Å²) in [6.45, 7) is 3.09. The Morgan fingerprint density at radius 1 is 1.20 bits per heavy atom. The molecule has 1 fully saturated rings. The minimum atomic E-state index is -4.60. The molecule has 7 rings (SSSR count). The van der Waals surface area contributed by atoms with E-state index in [4.69, 9.17) is 21.3 Å². The number of likely N-dealkylation sites (tertiary alicyclic amines) is 1. The average Bonchev–Trinajstić information content (AvgIpc) is 3.69.